The molecule has 1 aromatic heterocycles. The molecular weight excluding hydrogens is 372 g/mol. The molecule has 1 atom stereocenters. The van der Waals surface area contributed by atoms with Crippen LogP contribution in [0.5, 0.6) is 5.75 Å². The normalized spacial score (nSPS) is 16.7. The fourth-order valence-corrected chi connectivity index (χ4v) is 4.62. The summed E-state index contributed by atoms with van der Waals surface area (Å²) in [5.74, 6) is 1.79. The molecule has 30 heavy (non-hydrogen) atoms. The van der Waals surface area contributed by atoms with Gasteiger partial charge in [0, 0.05) is 42.7 Å². The van der Waals surface area contributed by atoms with Gasteiger partial charge in [-0.25, -0.2) is 0 Å². The number of rotatable bonds is 8. The topological polar surface area (TPSA) is 45.3 Å². The van der Waals surface area contributed by atoms with Gasteiger partial charge >= 0.3 is 0 Å². The molecule has 1 aliphatic heterocycles. The lowest BCUT2D eigenvalue weighted by Crippen LogP contribution is -2.40. The third-order valence-corrected chi connectivity index (χ3v) is 6.13. The van der Waals surface area contributed by atoms with Crippen molar-refractivity contribution in [2.75, 3.05) is 19.7 Å². The fourth-order valence-electron chi connectivity index (χ4n) is 4.62. The Morgan fingerprint density at radius 3 is 2.90 bits per heavy atom. The number of hydrogen-bond acceptors (Lipinski definition) is 2. The Kier molecular flexibility index (Phi) is 6.73. The number of aromatic amines is 1. The first-order valence-electron chi connectivity index (χ1n) is 11.3. The number of carbonyl (C=O) groups is 1. The van der Waals surface area contributed by atoms with Crippen molar-refractivity contribution in [2.45, 2.75) is 45.4 Å². The van der Waals surface area contributed by atoms with Crippen LogP contribution in [0.3, 0.4) is 0 Å². The van der Waals surface area contributed by atoms with E-state index in [2.05, 4.69) is 52.5 Å². The third kappa shape index (κ3) is 5.05. The zero-order chi connectivity index (χ0) is 20.8. The van der Waals surface area contributed by atoms with Crippen molar-refractivity contribution in [1.29, 1.82) is 0 Å². The van der Waals surface area contributed by atoms with Gasteiger partial charge in [0.05, 0.1) is 6.61 Å². The molecular formula is C26H32N2O2. The summed E-state index contributed by atoms with van der Waals surface area (Å²) in [6.45, 7) is 4.48. The average molecular weight is 405 g/mol. The Morgan fingerprint density at radius 1 is 1.20 bits per heavy atom. The number of benzene rings is 2. The minimum absolute atomic E-state index is 0.311. The summed E-state index contributed by atoms with van der Waals surface area (Å²) in [6, 6.07) is 16.8. The van der Waals surface area contributed by atoms with Crippen LogP contribution in [0.25, 0.3) is 10.9 Å². The molecule has 1 aliphatic rings. The van der Waals surface area contributed by atoms with Crippen LogP contribution in [0.15, 0.2) is 54.7 Å². The van der Waals surface area contributed by atoms with Gasteiger partial charge in [0.15, 0.2) is 0 Å². The van der Waals surface area contributed by atoms with E-state index >= 15 is 0 Å². The molecule has 1 saturated heterocycles. The highest BCUT2D eigenvalue weighted by atomic mass is 16.5. The number of fused-ring (bicyclic) bond motifs is 1. The van der Waals surface area contributed by atoms with E-state index in [9.17, 15) is 4.79 Å². The van der Waals surface area contributed by atoms with E-state index in [1.807, 2.05) is 19.1 Å². The van der Waals surface area contributed by atoms with E-state index in [1.54, 1.807) is 0 Å². The highest BCUT2D eigenvalue weighted by Crippen LogP contribution is 2.25. The van der Waals surface area contributed by atoms with Crippen LogP contribution in [0, 0.1) is 5.92 Å². The van der Waals surface area contributed by atoms with Crippen LogP contribution in [0.4, 0.5) is 0 Å². The van der Waals surface area contributed by atoms with Gasteiger partial charge in [-0.2, -0.15) is 0 Å². The molecule has 0 radical (unpaired) electrons. The molecule has 4 nitrogen and oxygen atoms in total. The lowest BCUT2D eigenvalue weighted by molar-refractivity contribution is -0.133. The molecule has 2 heterocycles. The van der Waals surface area contributed by atoms with Gasteiger partial charge in [0.2, 0.25) is 5.91 Å². The van der Waals surface area contributed by atoms with Crippen molar-refractivity contribution in [2.24, 2.45) is 5.92 Å². The second kappa shape index (κ2) is 9.84. The zero-order valence-electron chi connectivity index (χ0n) is 17.9. The summed E-state index contributed by atoms with van der Waals surface area (Å²) in [4.78, 5) is 18.2. The van der Waals surface area contributed by atoms with Crippen molar-refractivity contribution < 1.29 is 9.53 Å². The smallest absolute Gasteiger partial charge is 0.222 e. The quantitative estimate of drug-likeness (QED) is 0.548. The van der Waals surface area contributed by atoms with Gasteiger partial charge < -0.3 is 14.6 Å². The number of likely N-dealkylation sites (tertiary alicyclic amines) is 1. The Hall–Kier alpha value is -2.75. The van der Waals surface area contributed by atoms with E-state index in [-0.39, 0.29) is 0 Å². The molecule has 0 spiro atoms. The number of nitrogens with zero attached hydrogens (tertiary/aromatic N) is 1. The Balaban J connectivity index is 1.28. The molecule has 4 rings (SSSR count). The van der Waals surface area contributed by atoms with E-state index < -0.39 is 0 Å². The van der Waals surface area contributed by atoms with E-state index in [1.165, 1.54) is 22.9 Å². The molecule has 4 heteroatoms. The van der Waals surface area contributed by atoms with Crippen molar-refractivity contribution in [3.05, 3.63) is 65.9 Å². The summed E-state index contributed by atoms with van der Waals surface area (Å²) in [6.07, 6.45) is 7.92. The molecule has 0 aliphatic carbocycles. The van der Waals surface area contributed by atoms with Crippen LogP contribution in [-0.4, -0.2) is 35.5 Å². The van der Waals surface area contributed by atoms with Gasteiger partial charge in [-0.1, -0.05) is 30.3 Å². The highest BCUT2D eigenvalue weighted by Gasteiger charge is 2.23. The molecule has 0 saturated carbocycles. The van der Waals surface area contributed by atoms with E-state index in [0.29, 0.717) is 24.9 Å². The molecule has 1 N–H and O–H groups in total. The van der Waals surface area contributed by atoms with Crippen molar-refractivity contribution in [3.63, 3.8) is 0 Å². The Morgan fingerprint density at radius 2 is 2.07 bits per heavy atom. The molecule has 2 aromatic carbocycles. The lowest BCUT2D eigenvalue weighted by Gasteiger charge is -2.33. The first-order valence-corrected chi connectivity index (χ1v) is 11.3. The summed E-state index contributed by atoms with van der Waals surface area (Å²) in [5, 5.41) is 1.23. The largest absolute Gasteiger partial charge is 0.494 e. The van der Waals surface area contributed by atoms with E-state index in [4.69, 9.17) is 4.74 Å². The number of ether oxygens (including phenoxy) is 1. The van der Waals surface area contributed by atoms with Crippen LogP contribution in [-0.2, 0) is 17.6 Å². The molecule has 1 amide bonds. The van der Waals surface area contributed by atoms with Crippen LogP contribution < -0.4 is 4.74 Å². The molecule has 1 unspecified atom stereocenters. The SMILES string of the molecule is CCOc1ccc2c(CCCC(=O)N3CCCC(Cc4ccccc4)C3)c[nH]c2c1. The Labute approximate surface area is 179 Å². The number of amides is 1. The second-order valence-corrected chi connectivity index (χ2v) is 8.35. The maximum Gasteiger partial charge on any atom is 0.222 e. The van der Waals surface area contributed by atoms with Crippen LogP contribution in [0.2, 0.25) is 0 Å². The van der Waals surface area contributed by atoms with Crippen molar-refractivity contribution in [3.8, 4) is 5.75 Å². The zero-order valence-corrected chi connectivity index (χ0v) is 17.9. The standard InChI is InChI=1S/C26H32N2O2/c1-2-30-23-13-14-24-22(18-27-25(24)17-23)11-6-12-26(29)28-15-7-10-21(19-28)16-20-8-4-3-5-9-20/h3-5,8-9,13-14,17-18,21,27H,2,6-7,10-12,15-16,19H2,1H3. The van der Waals surface area contributed by atoms with Crippen LogP contribution >= 0.6 is 0 Å². The highest BCUT2D eigenvalue weighted by molar-refractivity contribution is 5.84. The molecule has 158 valence electrons. The van der Waals surface area contributed by atoms with E-state index in [0.717, 1.165) is 50.0 Å². The summed E-state index contributed by atoms with van der Waals surface area (Å²) >= 11 is 0. The number of piperidine rings is 1. The number of aryl methyl sites for hydroxylation is 1. The minimum Gasteiger partial charge on any atom is -0.494 e. The number of hydrogen-bond donors (Lipinski definition) is 1. The van der Waals surface area contributed by atoms with Crippen LogP contribution in [0.1, 0.15) is 43.7 Å². The number of nitrogens with one attached hydrogen (secondary N) is 1. The monoisotopic (exact) mass is 404 g/mol. The first kappa shape index (κ1) is 20.5. The average Bonchev–Trinajstić information content (AvgIpc) is 3.17. The van der Waals surface area contributed by atoms with Gasteiger partial charge in [-0.05, 0) is 68.2 Å². The Bertz CT molecular complexity index is 964. The second-order valence-electron chi connectivity index (χ2n) is 8.35. The first-order chi connectivity index (χ1) is 14.7. The molecule has 3 aromatic rings. The van der Waals surface area contributed by atoms with Gasteiger partial charge in [0.1, 0.15) is 5.75 Å². The maximum atomic E-state index is 12.8. The van der Waals surface area contributed by atoms with Gasteiger partial charge in [0.25, 0.3) is 0 Å². The predicted octanol–water partition coefficient (Wildman–Crippen LogP) is 5.37. The lowest BCUT2D eigenvalue weighted by atomic mass is 9.91. The van der Waals surface area contributed by atoms with Crippen molar-refractivity contribution >= 4 is 16.8 Å². The maximum absolute atomic E-state index is 12.8. The number of H-pyrrole nitrogens is 1. The summed E-state index contributed by atoms with van der Waals surface area (Å²) in [5.41, 5.74) is 3.76. The number of aromatic nitrogens is 1. The molecule has 1 fully saturated rings. The molecule has 0 bridgehead atoms. The number of carbonyl (C=O) groups excluding carboxylic acids is 1. The van der Waals surface area contributed by atoms with Gasteiger partial charge in [-0.3, -0.25) is 4.79 Å². The third-order valence-electron chi connectivity index (χ3n) is 6.13. The van der Waals surface area contributed by atoms with Crippen molar-refractivity contribution in [1.82, 2.24) is 9.88 Å². The van der Waals surface area contributed by atoms with Gasteiger partial charge in [-0.15, -0.1) is 0 Å². The summed E-state index contributed by atoms with van der Waals surface area (Å²) in [7, 11) is 0. The minimum atomic E-state index is 0.311. The summed E-state index contributed by atoms with van der Waals surface area (Å²) < 4.78 is 5.58. The predicted molar refractivity (Wildman–Crippen MR) is 122 cm³/mol. The fraction of sp³-hybridized carbons (Fsp3) is 0.423.